The van der Waals surface area contributed by atoms with E-state index in [0.29, 0.717) is 21.4 Å². The fraction of sp³-hybridized carbons (Fsp3) is 0.0588. The van der Waals surface area contributed by atoms with Crippen molar-refractivity contribution in [1.29, 1.82) is 0 Å². The summed E-state index contributed by atoms with van der Waals surface area (Å²) >= 11 is 1.22. The molecule has 24 heavy (non-hydrogen) atoms. The van der Waals surface area contributed by atoms with Gasteiger partial charge in [0.15, 0.2) is 0 Å². The van der Waals surface area contributed by atoms with Crippen LogP contribution in [-0.4, -0.2) is 21.8 Å². The van der Waals surface area contributed by atoms with E-state index in [1.165, 1.54) is 18.3 Å². The Bertz CT molecular complexity index is 906. The summed E-state index contributed by atoms with van der Waals surface area (Å²) in [5.41, 5.74) is 7.63. The minimum Gasteiger partial charge on any atom is -0.365 e. The molecular formula is C17H14N4O2S. The summed E-state index contributed by atoms with van der Waals surface area (Å²) in [5, 5.41) is 3.26. The van der Waals surface area contributed by atoms with Gasteiger partial charge in [-0.3, -0.25) is 9.59 Å². The lowest BCUT2D eigenvalue weighted by Crippen LogP contribution is -2.10. The number of primary amides is 1. The molecule has 0 saturated heterocycles. The normalized spacial score (nSPS) is 10.4. The van der Waals surface area contributed by atoms with Gasteiger partial charge in [-0.15, -0.1) is 11.3 Å². The number of carbonyl (C=O) groups is 2. The van der Waals surface area contributed by atoms with Crippen LogP contribution in [0.1, 0.15) is 16.6 Å². The molecule has 0 saturated carbocycles. The maximum atomic E-state index is 11.8. The number of amides is 2. The Morgan fingerprint density at radius 2 is 1.88 bits per heavy atom. The number of aromatic nitrogens is 2. The first-order valence-corrected chi connectivity index (χ1v) is 7.96. The average Bonchev–Trinajstić information content (AvgIpc) is 3.01. The molecule has 0 aliphatic rings. The highest BCUT2D eigenvalue weighted by atomic mass is 32.1. The molecule has 0 atom stereocenters. The van der Waals surface area contributed by atoms with Crippen LogP contribution in [-0.2, 0) is 4.79 Å². The first-order valence-electron chi connectivity index (χ1n) is 7.14. The second kappa shape index (κ2) is 6.59. The van der Waals surface area contributed by atoms with Gasteiger partial charge < -0.3 is 11.1 Å². The Balaban J connectivity index is 2.07. The van der Waals surface area contributed by atoms with Crippen molar-refractivity contribution in [3.63, 3.8) is 0 Å². The van der Waals surface area contributed by atoms with Gasteiger partial charge in [0, 0.05) is 24.2 Å². The second-order valence-electron chi connectivity index (χ2n) is 5.04. The molecule has 3 aromatic rings. The van der Waals surface area contributed by atoms with Gasteiger partial charge in [0.1, 0.15) is 15.7 Å². The van der Waals surface area contributed by atoms with Gasteiger partial charge in [0.2, 0.25) is 5.91 Å². The molecule has 3 N–H and O–H groups in total. The van der Waals surface area contributed by atoms with E-state index in [0.717, 1.165) is 11.1 Å². The lowest BCUT2D eigenvalue weighted by atomic mass is 10.1. The second-order valence-corrected chi connectivity index (χ2v) is 6.04. The Hall–Kier alpha value is -3.06. The van der Waals surface area contributed by atoms with Crippen molar-refractivity contribution in [3.8, 4) is 21.8 Å². The van der Waals surface area contributed by atoms with Crippen LogP contribution in [0.25, 0.3) is 21.8 Å². The van der Waals surface area contributed by atoms with Crippen molar-refractivity contribution in [2.75, 3.05) is 5.32 Å². The van der Waals surface area contributed by atoms with Crippen molar-refractivity contribution in [2.24, 2.45) is 5.73 Å². The number of nitrogens with two attached hydrogens (primary N) is 1. The van der Waals surface area contributed by atoms with Crippen molar-refractivity contribution >= 4 is 29.0 Å². The van der Waals surface area contributed by atoms with E-state index in [9.17, 15) is 9.59 Å². The van der Waals surface area contributed by atoms with Gasteiger partial charge >= 0.3 is 0 Å². The number of pyridine rings is 1. The highest BCUT2D eigenvalue weighted by Gasteiger charge is 2.18. The number of rotatable bonds is 4. The Kier molecular flexibility index (Phi) is 4.35. The van der Waals surface area contributed by atoms with Gasteiger partial charge in [0.25, 0.3) is 5.91 Å². The number of nitrogens with one attached hydrogen (secondary N) is 1. The summed E-state index contributed by atoms with van der Waals surface area (Å²) < 4.78 is 0. The summed E-state index contributed by atoms with van der Waals surface area (Å²) in [7, 11) is 0. The van der Waals surface area contributed by atoms with E-state index in [4.69, 9.17) is 5.73 Å². The number of hydrogen-bond donors (Lipinski definition) is 2. The van der Waals surface area contributed by atoms with Crippen molar-refractivity contribution in [3.05, 3.63) is 53.5 Å². The van der Waals surface area contributed by atoms with Gasteiger partial charge in [-0.2, -0.15) is 0 Å². The fourth-order valence-corrected chi connectivity index (χ4v) is 3.15. The van der Waals surface area contributed by atoms with E-state index >= 15 is 0 Å². The predicted octanol–water partition coefficient (Wildman–Crippen LogP) is 2.93. The van der Waals surface area contributed by atoms with Crippen LogP contribution in [0, 0.1) is 0 Å². The number of benzene rings is 1. The Morgan fingerprint density at radius 1 is 1.12 bits per heavy atom. The maximum absolute atomic E-state index is 11.8. The minimum absolute atomic E-state index is 0.207. The molecule has 0 aliphatic heterocycles. The molecule has 1 aromatic carbocycles. The molecule has 0 bridgehead atoms. The SMILES string of the molecule is CC(=O)Nc1cc(-c2nc(-c3ccccc3)c(C(N)=O)s2)ccn1. The molecule has 3 rings (SSSR count). The molecule has 2 aromatic heterocycles. The van der Waals surface area contributed by atoms with Crippen LogP contribution >= 0.6 is 11.3 Å². The van der Waals surface area contributed by atoms with Gasteiger partial charge in [-0.05, 0) is 12.1 Å². The summed E-state index contributed by atoms with van der Waals surface area (Å²) in [6, 6.07) is 12.9. The van der Waals surface area contributed by atoms with E-state index in [1.54, 1.807) is 18.3 Å². The topological polar surface area (TPSA) is 98.0 Å². The monoisotopic (exact) mass is 338 g/mol. The van der Waals surface area contributed by atoms with E-state index < -0.39 is 5.91 Å². The molecule has 0 fully saturated rings. The minimum atomic E-state index is -0.520. The zero-order valence-corrected chi connectivity index (χ0v) is 13.6. The molecule has 6 nitrogen and oxygen atoms in total. The van der Waals surface area contributed by atoms with Crippen molar-refractivity contribution in [2.45, 2.75) is 6.92 Å². The van der Waals surface area contributed by atoms with E-state index in [1.807, 2.05) is 30.3 Å². The lowest BCUT2D eigenvalue weighted by molar-refractivity contribution is -0.114. The molecule has 0 aliphatic carbocycles. The number of thiazole rings is 1. The number of hydrogen-bond acceptors (Lipinski definition) is 5. The first-order chi connectivity index (χ1) is 11.5. The largest absolute Gasteiger partial charge is 0.365 e. The third-order valence-corrected chi connectivity index (χ3v) is 4.33. The van der Waals surface area contributed by atoms with Crippen LogP contribution in [0.2, 0.25) is 0 Å². The predicted molar refractivity (Wildman–Crippen MR) is 93.6 cm³/mol. The molecule has 0 radical (unpaired) electrons. The van der Waals surface area contributed by atoms with Crippen LogP contribution in [0.15, 0.2) is 48.7 Å². The molecule has 120 valence electrons. The zero-order valence-electron chi connectivity index (χ0n) is 12.8. The summed E-state index contributed by atoms with van der Waals surface area (Å²) in [4.78, 5) is 32.0. The molecule has 2 heterocycles. The molecule has 7 heteroatoms. The zero-order chi connectivity index (χ0) is 17.1. The average molecular weight is 338 g/mol. The highest BCUT2D eigenvalue weighted by Crippen LogP contribution is 2.34. The van der Waals surface area contributed by atoms with Crippen LogP contribution < -0.4 is 11.1 Å². The van der Waals surface area contributed by atoms with Crippen LogP contribution in [0.5, 0.6) is 0 Å². The smallest absolute Gasteiger partial charge is 0.261 e. The number of carbonyl (C=O) groups excluding carboxylic acids is 2. The highest BCUT2D eigenvalue weighted by molar-refractivity contribution is 7.17. The quantitative estimate of drug-likeness (QED) is 0.764. The Labute approximate surface area is 142 Å². The van der Waals surface area contributed by atoms with Gasteiger partial charge in [-0.1, -0.05) is 30.3 Å². The molecular weight excluding hydrogens is 324 g/mol. The summed E-state index contributed by atoms with van der Waals surface area (Å²) in [6.45, 7) is 1.41. The number of anilines is 1. The molecule has 0 unspecified atom stereocenters. The summed E-state index contributed by atoms with van der Waals surface area (Å²) in [5.74, 6) is -0.299. The van der Waals surface area contributed by atoms with Crippen LogP contribution in [0.3, 0.4) is 0 Å². The maximum Gasteiger partial charge on any atom is 0.261 e. The third kappa shape index (κ3) is 3.31. The van der Waals surface area contributed by atoms with E-state index in [2.05, 4.69) is 15.3 Å². The van der Waals surface area contributed by atoms with Gasteiger partial charge in [0.05, 0.1) is 5.69 Å². The third-order valence-electron chi connectivity index (χ3n) is 3.21. The Morgan fingerprint density at radius 3 is 2.54 bits per heavy atom. The fourth-order valence-electron chi connectivity index (χ4n) is 2.21. The van der Waals surface area contributed by atoms with Crippen LogP contribution in [0.4, 0.5) is 5.82 Å². The molecule has 0 spiro atoms. The van der Waals surface area contributed by atoms with Gasteiger partial charge in [-0.25, -0.2) is 9.97 Å². The standard InChI is InChI=1S/C17H14N4O2S/c1-10(22)20-13-9-12(7-8-19-13)17-21-14(15(24-17)16(18)23)11-5-3-2-4-6-11/h2-9H,1H3,(H2,18,23)(H,19,20,22). The molecule has 2 amide bonds. The lowest BCUT2D eigenvalue weighted by Gasteiger charge is -2.02. The first kappa shape index (κ1) is 15.8. The van der Waals surface area contributed by atoms with Crippen molar-refractivity contribution < 1.29 is 9.59 Å². The number of nitrogens with zero attached hydrogens (tertiary/aromatic N) is 2. The van der Waals surface area contributed by atoms with E-state index in [-0.39, 0.29) is 5.91 Å². The summed E-state index contributed by atoms with van der Waals surface area (Å²) in [6.07, 6.45) is 1.58. The van der Waals surface area contributed by atoms with Crippen molar-refractivity contribution in [1.82, 2.24) is 9.97 Å².